The van der Waals surface area contributed by atoms with Gasteiger partial charge in [-0.2, -0.15) is 5.10 Å². The van der Waals surface area contributed by atoms with Crippen molar-refractivity contribution < 1.29 is 18.4 Å². The number of benzene rings is 1. The van der Waals surface area contributed by atoms with Crippen LogP contribution in [0.1, 0.15) is 49.9 Å². The normalized spacial score (nSPS) is 16.2. The number of pyridine rings is 1. The molecule has 4 aromatic rings. The molecule has 8 nitrogen and oxygen atoms in total. The lowest BCUT2D eigenvalue weighted by Crippen LogP contribution is -2.28. The van der Waals surface area contributed by atoms with Crippen LogP contribution in [0.15, 0.2) is 36.5 Å². The Kier molecular flexibility index (Phi) is 5.36. The number of anilines is 1. The van der Waals surface area contributed by atoms with Crippen LogP contribution < -0.4 is 5.32 Å². The first-order valence-corrected chi connectivity index (χ1v) is 12.2. The lowest BCUT2D eigenvalue weighted by molar-refractivity contribution is -0.120. The first-order chi connectivity index (χ1) is 17.7. The summed E-state index contributed by atoms with van der Waals surface area (Å²) < 4.78 is 30.1. The van der Waals surface area contributed by atoms with Gasteiger partial charge in [0.05, 0.1) is 29.2 Å². The van der Waals surface area contributed by atoms with Gasteiger partial charge in [-0.05, 0) is 45.2 Å². The first-order valence-electron chi connectivity index (χ1n) is 12.2. The zero-order chi connectivity index (χ0) is 25.9. The average Bonchev–Trinajstić information content (AvgIpc) is 3.62. The molecular formula is C27H24F2N6O2. The number of nitrogens with one attached hydrogen (secondary N) is 1. The topological polar surface area (TPSA) is 103 Å². The van der Waals surface area contributed by atoms with E-state index < -0.39 is 17.0 Å². The smallest absolute Gasteiger partial charge is 0.235 e. The van der Waals surface area contributed by atoms with Crippen molar-refractivity contribution in [2.45, 2.75) is 51.5 Å². The minimum Gasteiger partial charge on any atom is -0.310 e. The third kappa shape index (κ3) is 4.06. The van der Waals surface area contributed by atoms with E-state index in [0.717, 1.165) is 19.0 Å². The molecule has 1 aliphatic carbocycles. The maximum absolute atomic E-state index is 14.4. The second-order valence-corrected chi connectivity index (χ2v) is 10.2. The third-order valence-electron chi connectivity index (χ3n) is 7.09. The van der Waals surface area contributed by atoms with Crippen LogP contribution in [0, 0.1) is 17.6 Å². The van der Waals surface area contributed by atoms with Crippen molar-refractivity contribution in [1.29, 1.82) is 0 Å². The molecule has 0 atom stereocenters. The molecule has 2 aliphatic rings. The highest BCUT2D eigenvalue weighted by Gasteiger charge is 2.43. The van der Waals surface area contributed by atoms with Crippen molar-refractivity contribution in [2.24, 2.45) is 5.92 Å². The molecule has 1 N–H and O–H groups in total. The van der Waals surface area contributed by atoms with Crippen molar-refractivity contribution in [2.75, 3.05) is 5.32 Å². The van der Waals surface area contributed by atoms with Crippen LogP contribution in [0.4, 0.5) is 14.6 Å². The monoisotopic (exact) mass is 502 g/mol. The van der Waals surface area contributed by atoms with Crippen LogP contribution in [0.5, 0.6) is 0 Å². The van der Waals surface area contributed by atoms with E-state index in [4.69, 9.17) is 4.98 Å². The minimum absolute atomic E-state index is 0.0687. The summed E-state index contributed by atoms with van der Waals surface area (Å²) in [6.45, 7) is 3.65. The Morgan fingerprint density at radius 3 is 2.73 bits per heavy atom. The molecule has 0 spiro atoms. The van der Waals surface area contributed by atoms with Crippen LogP contribution in [0.3, 0.4) is 0 Å². The summed E-state index contributed by atoms with van der Waals surface area (Å²) in [6, 6.07) is 7.62. The van der Waals surface area contributed by atoms with Gasteiger partial charge in [-0.3, -0.25) is 9.59 Å². The molecule has 1 amide bonds. The van der Waals surface area contributed by atoms with Crippen molar-refractivity contribution in [3.05, 3.63) is 65.0 Å². The molecule has 1 fully saturated rings. The Bertz CT molecular complexity index is 1590. The number of carbonyl (C=O) groups excluding carboxylic acids is 2. The lowest BCUT2D eigenvalue weighted by atomic mass is 9.84. The van der Waals surface area contributed by atoms with E-state index >= 15 is 0 Å². The summed E-state index contributed by atoms with van der Waals surface area (Å²) in [4.78, 5) is 38.8. The Morgan fingerprint density at radius 2 is 1.97 bits per heavy atom. The molecule has 4 heterocycles. The minimum atomic E-state index is -0.869. The molecule has 10 heteroatoms. The molecule has 0 bridgehead atoms. The van der Waals surface area contributed by atoms with Crippen molar-refractivity contribution >= 4 is 28.5 Å². The number of ketones is 1. The number of amides is 1. The van der Waals surface area contributed by atoms with E-state index in [2.05, 4.69) is 20.4 Å². The zero-order valence-corrected chi connectivity index (χ0v) is 20.4. The highest BCUT2D eigenvalue weighted by molar-refractivity contribution is 6.05. The highest BCUT2D eigenvalue weighted by Crippen LogP contribution is 2.40. The van der Waals surface area contributed by atoms with Gasteiger partial charge in [-0.25, -0.2) is 28.4 Å². The molecule has 0 saturated heterocycles. The molecule has 1 aromatic carbocycles. The van der Waals surface area contributed by atoms with E-state index in [1.54, 1.807) is 32.0 Å². The number of nitrogens with zero attached hydrogens (tertiary/aromatic N) is 5. The summed E-state index contributed by atoms with van der Waals surface area (Å²) in [5, 5.41) is 7.80. The lowest BCUT2D eigenvalue weighted by Gasteiger charge is -2.18. The third-order valence-corrected chi connectivity index (χ3v) is 7.09. The van der Waals surface area contributed by atoms with E-state index in [9.17, 15) is 18.4 Å². The molecule has 1 aliphatic heterocycles. The Morgan fingerprint density at radius 1 is 1.19 bits per heavy atom. The maximum Gasteiger partial charge on any atom is 0.235 e. The van der Waals surface area contributed by atoms with Gasteiger partial charge in [0, 0.05) is 23.5 Å². The summed E-state index contributed by atoms with van der Waals surface area (Å²) in [7, 11) is 0. The van der Waals surface area contributed by atoms with Gasteiger partial charge in [0.15, 0.2) is 11.5 Å². The number of fused-ring (bicyclic) bond motifs is 2. The van der Waals surface area contributed by atoms with Gasteiger partial charge >= 0.3 is 0 Å². The summed E-state index contributed by atoms with van der Waals surface area (Å²) in [5.41, 5.74) is 1.37. The fraction of sp³-hybridized carbons (Fsp3) is 0.333. The SMILES string of the molecule is CC1(C)C(=O)Nc2nc(-c3nn(Cc4ccccc4F)c4ncc(F)cc34)nc(CCC(=O)C3CC3)c21. The largest absolute Gasteiger partial charge is 0.310 e. The Balaban J connectivity index is 1.48. The summed E-state index contributed by atoms with van der Waals surface area (Å²) >= 11 is 0. The number of rotatable bonds is 7. The second kappa shape index (κ2) is 8.50. The number of aromatic nitrogens is 5. The first kappa shape index (κ1) is 23.3. The predicted molar refractivity (Wildman–Crippen MR) is 132 cm³/mol. The summed E-state index contributed by atoms with van der Waals surface area (Å²) in [5.74, 6) is -0.331. The van der Waals surface area contributed by atoms with Crippen molar-refractivity contribution in [3.63, 3.8) is 0 Å². The van der Waals surface area contributed by atoms with Crippen molar-refractivity contribution in [3.8, 4) is 11.5 Å². The number of hydrogen-bond acceptors (Lipinski definition) is 6. The van der Waals surface area contributed by atoms with Crippen LogP contribution in [0.2, 0.25) is 0 Å². The van der Waals surface area contributed by atoms with Crippen LogP contribution in [-0.4, -0.2) is 36.4 Å². The molecular weight excluding hydrogens is 478 g/mol. The number of Topliss-reactive ketones (excluding diaryl/α,β-unsaturated/α-hetero) is 1. The van der Waals surface area contributed by atoms with E-state index in [-0.39, 0.29) is 35.7 Å². The predicted octanol–water partition coefficient (Wildman–Crippen LogP) is 4.36. The van der Waals surface area contributed by atoms with E-state index in [1.807, 2.05) is 0 Å². The van der Waals surface area contributed by atoms with Gasteiger partial charge in [-0.15, -0.1) is 0 Å². The van der Waals surface area contributed by atoms with E-state index in [0.29, 0.717) is 46.5 Å². The highest BCUT2D eigenvalue weighted by atomic mass is 19.1. The quantitative estimate of drug-likeness (QED) is 0.403. The molecule has 37 heavy (non-hydrogen) atoms. The average molecular weight is 503 g/mol. The number of aryl methyl sites for hydroxylation is 1. The molecule has 6 rings (SSSR count). The fourth-order valence-electron chi connectivity index (χ4n) is 4.87. The molecule has 1 saturated carbocycles. The van der Waals surface area contributed by atoms with Crippen molar-refractivity contribution in [1.82, 2.24) is 24.7 Å². The van der Waals surface area contributed by atoms with Gasteiger partial charge in [0.25, 0.3) is 0 Å². The van der Waals surface area contributed by atoms with Gasteiger partial charge in [-0.1, -0.05) is 18.2 Å². The van der Waals surface area contributed by atoms with Crippen LogP contribution >= 0.6 is 0 Å². The Hall–Kier alpha value is -4.08. The molecule has 188 valence electrons. The summed E-state index contributed by atoms with van der Waals surface area (Å²) in [6.07, 6.45) is 3.58. The maximum atomic E-state index is 14.4. The zero-order valence-electron chi connectivity index (χ0n) is 20.4. The van der Waals surface area contributed by atoms with E-state index in [1.165, 1.54) is 16.8 Å². The van der Waals surface area contributed by atoms with Gasteiger partial charge in [0.1, 0.15) is 28.9 Å². The molecule has 3 aromatic heterocycles. The Labute approximate surface area is 211 Å². The standard InChI is InChI=1S/C27H24F2N6O2/c1-27(2)21-19(9-10-20(36)14-7-8-14)31-24(32-23(21)33-26(27)37)22-17-11-16(28)12-30-25(17)35(34-22)13-15-5-3-4-6-18(15)29/h3-6,11-12,14H,7-10,13H2,1-2H3,(H,31,32,33,37). The number of carbonyl (C=O) groups is 2. The van der Waals surface area contributed by atoms with Crippen LogP contribution in [-0.2, 0) is 28.0 Å². The number of hydrogen-bond donors (Lipinski definition) is 1. The molecule has 0 unspecified atom stereocenters. The van der Waals surface area contributed by atoms with Gasteiger partial charge < -0.3 is 5.32 Å². The second-order valence-electron chi connectivity index (χ2n) is 10.2. The van der Waals surface area contributed by atoms with Crippen LogP contribution in [0.25, 0.3) is 22.6 Å². The fourth-order valence-corrected chi connectivity index (χ4v) is 4.87. The number of halogens is 2. The van der Waals surface area contributed by atoms with Gasteiger partial charge in [0.2, 0.25) is 5.91 Å². The molecule has 0 radical (unpaired) electrons.